The van der Waals surface area contributed by atoms with Crippen LogP contribution in [0.3, 0.4) is 0 Å². The maximum absolute atomic E-state index is 12.6. The van der Waals surface area contributed by atoms with Crippen molar-refractivity contribution in [3.63, 3.8) is 0 Å². The topological polar surface area (TPSA) is 52.7 Å². The first-order valence-electron chi connectivity index (χ1n) is 8.10. The average molecular weight is 295 g/mol. The molecule has 2 aliphatic rings. The lowest BCUT2D eigenvalue weighted by molar-refractivity contribution is -0.146. The summed E-state index contributed by atoms with van der Waals surface area (Å²) in [6, 6.07) is 0.427. The highest BCUT2D eigenvalue weighted by molar-refractivity contribution is 5.82. The predicted octanol–water partition coefficient (Wildman–Crippen LogP) is 1.09. The third kappa shape index (κ3) is 3.96. The quantitative estimate of drug-likeness (QED) is 0.788. The molecule has 0 saturated carbocycles. The minimum absolute atomic E-state index is 0.158. The van der Waals surface area contributed by atoms with Gasteiger partial charge in [-0.1, -0.05) is 20.8 Å². The number of nitrogens with one attached hydrogen (secondary N) is 1. The second-order valence-electron chi connectivity index (χ2n) is 7.44. The fourth-order valence-electron chi connectivity index (χ4n) is 3.22. The minimum Gasteiger partial charge on any atom is -0.339 e. The fraction of sp³-hybridized carbons (Fsp3) is 0.875. The van der Waals surface area contributed by atoms with Crippen LogP contribution in [0.4, 0.5) is 0 Å². The highest BCUT2D eigenvalue weighted by Gasteiger charge is 2.33. The van der Waals surface area contributed by atoms with E-state index in [1.807, 2.05) is 30.6 Å². The van der Waals surface area contributed by atoms with Gasteiger partial charge in [0.05, 0.1) is 0 Å². The third-order valence-electron chi connectivity index (χ3n) is 4.49. The van der Waals surface area contributed by atoms with Crippen molar-refractivity contribution in [3.05, 3.63) is 0 Å². The van der Waals surface area contributed by atoms with Crippen LogP contribution in [-0.2, 0) is 9.59 Å². The summed E-state index contributed by atoms with van der Waals surface area (Å²) in [6.45, 7) is 11.6. The van der Waals surface area contributed by atoms with Crippen LogP contribution in [0.2, 0.25) is 0 Å². The Morgan fingerprint density at radius 2 is 1.62 bits per heavy atom. The molecule has 2 aliphatic heterocycles. The van der Waals surface area contributed by atoms with Crippen molar-refractivity contribution in [2.45, 2.75) is 46.6 Å². The predicted molar refractivity (Wildman–Crippen MR) is 82.8 cm³/mol. The lowest BCUT2D eigenvalue weighted by Crippen LogP contribution is -2.55. The molecule has 2 heterocycles. The minimum atomic E-state index is -0.337. The summed E-state index contributed by atoms with van der Waals surface area (Å²) in [5.41, 5.74) is -0.337. The number of piperidine rings is 1. The molecular formula is C16H29N3O2. The number of amides is 2. The molecule has 0 bridgehead atoms. The molecule has 5 nitrogen and oxygen atoms in total. The van der Waals surface area contributed by atoms with E-state index in [2.05, 4.69) is 12.2 Å². The van der Waals surface area contributed by atoms with E-state index in [-0.39, 0.29) is 23.1 Å². The van der Waals surface area contributed by atoms with Crippen molar-refractivity contribution < 1.29 is 9.59 Å². The molecule has 0 radical (unpaired) electrons. The van der Waals surface area contributed by atoms with Gasteiger partial charge in [-0.15, -0.1) is 0 Å². The first kappa shape index (κ1) is 16.3. The number of nitrogens with zero attached hydrogens (tertiary/aromatic N) is 2. The molecule has 2 rings (SSSR count). The molecule has 0 spiro atoms. The summed E-state index contributed by atoms with van der Waals surface area (Å²) in [5.74, 6) is 0.627. The number of hydrogen-bond acceptors (Lipinski definition) is 3. The van der Waals surface area contributed by atoms with Crippen molar-refractivity contribution in [1.29, 1.82) is 0 Å². The van der Waals surface area contributed by atoms with Crippen LogP contribution in [0.15, 0.2) is 0 Å². The number of hydrogen-bond donors (Lipinski definition) is 1. The number of rotatable bonds is 1. The van der Waals surface area contributed by atoms with Crippen molar-refractivity contribution in [3.8, 4) is 0 Å². The molecule has 5 heteroatoms. The van der Waals surface area contributed by atoms with E-state index in [9.17, 15) is 9.59 Å². The number of piperazine rings is 1. The lowest BCUT2D eigenvalue weighted by Gasteiger charge is -2.39. The molecule has 0 aromatic carbocycles. The maximum Gasteiger partial charge on any atom is 0.228 e. The molecule has 21 heavy (non-hydrogen) atoms. The van der Waals surface area contributed by atoms with Crippen molar-refractivity contribution >= 4 is 11.8 Å². The first-order chi connectivity index (χ1) is 9.79. The van der Waals surface area contributed by atoms with Crippen LogP contribution in [-0.4, -0.2) is 60.4 Å². The fourth-order valence-corrected chi connectivity index (χ4v) is 3.22. The van der Waals surface area contributed by atoms with Crippen LogP contribution in [0.5, 0.6) is 0 Å². The van der Waals surface area contributed by atoms with E-state index in [0.29, 0.717) is 32.2 Å². The van der Waals surface area contributed by atoms with Crippen molar-refractivity contribution in [2.75, 3.05) is 32.7 Å². The van der Waals surface area contributed by atoms with Crippen LogP contribution in [0.25, 0.3) is 0 Å². The van der Waals surface area contributed by atoms with Gasteiger partial charge in [-0.3, -0.25) is 9.59 Å². The average Bonchev–Trinajstić information content (AvgIpc) is 2.45. The van der Waals surface area contributed by atoms with Gasteiger partial charge in [0, 0.05) is 43.6 Å². The smallest absolute Gasteiger partial charge is 0.228 e. The third-order valence-corrected chi connectivity index (χ3v) is 4.49. The van der Waals surface area contributed by atoms with Gasteiger partial charge in [0.15, 0.2) is 0 Å². The molecule has 0 aromatic heterocycles. The summed E-state index contributed by atoms with van der Waals surface area (Å²) < 4.78 is 0. The van der Waals surface area contributed by atoms with Crippen LogP contribution < -0.4 is 5.32 Å². The van der Waals surface area contributed by atoms with E-state index in [1.165, 1.54) is 0 Å². The molecule has 1 N–H and O–H groups in total. The summed E-state index contributed by atoms with van der Waals surface area (Å²) in [6.07, 6.45) is 1.87. The van der Waals surface area contributed by atoms with Gasteiger partial charge < -0.3 is 15.1 Å². The van der Waals surface area contributed by atoms with Crippen LogP contribution in [0, 0.1) is 11.3 Å². The molecular weight excluding hydrogens is 266 g/mol. The first-order valence-corrected chi connectivity index (χ1v) is 8.10. The van der Waals surface area contributed by atoms with Gasteiger partial charge in [0.2, 0.25) is 11.8 Å². The van der Waals surface area contributed by atoms with E-state index in [0.717, 1.165) is 19.4 Å². The second-order valence-corrected chi connectivity index (χ2v) is 7.44. The Hall–Kier alpha value is -1.10. The van der Waals surface area contributed by atoms with Gasteiger partial charge in [-0.2, -0.15) is 0 Å². The molecule has 0 unspecified atom stereocenters. The highest BCUT2D eigenvalue weighted by Crippen LogP contribution is 2.22. The summed E-state index contributed by atoms with van der Waals surface area (Å²) >= 11 is 0. The zero-order chi connectivity index (χ0) is 15.6. The monoisotopic (exact) mass is 295 g/mol. The van der Waals surface area contributed by atoms with Gasteiger partial charge in [-0.25, -0.2) is 0 Å². The molecule has 2 amide bonds. The highest BCUT2D eigenvalue weighted by atomic mass is 16.2. The zero-order valence-electron chi connectivity index (χ0n) is 13.8. The molecule has 2 atom stereocenters. The molecule has 0 aliphatic carbocycles. The van der Waals surface area contributed by atoms with Crippen LogP contribution in [0.1, 0.15) is 40.5 Å². The van der Waals surface area contributed by atoms with E-state index in [4.69, 9.17) is 0 Å². The SMILES string of the molecule is C[C@H]1C[C@@H](C(=O)N2CCN(C(=O)C(C)(C)C)CC2)CCN1. The van der Waals surface area contributed by atoms with E-state index >= 15 is 0 Å². The summed E-state index contributed by atoms with van der Waals surface area (Å²) in [4.78, 5) is 28.7. The summed E-state index contributed by atoms with van der Waals surface area (Å²) in [5, 5.41) is 3.38. The van der Waals surface area contributed by atoms with Crippen molar-refractivity contribution in [2.24, 2.45) is 11.3 Å². The standard InChI is InChI=1S/C16H29N3O2/c1-12-11-13(5-6-17-12)14(20)18-7-9-19(10-8-18)15(21)16(2,3)4/h12-13,17H,5-11H2,1-4H3/t12-,13-/m0/s1. The Morgan fingerprint density at radius 1 is 1.05 bits per heavy atom. The Morgan fingerprint density at radius 3 is 2.14 bits per heavy atom. The zero-order valence-corrected chi connectivity index (χ0v) is 13.8. The van der Waals surface area contributed by atoms with Gasteiger partial charge in [0.25, 0.3) is 0 Å². The maximum atomic E-state index is 12.6. The molecule has 2 saturated heterocycles. The molecule has 0 aromatic rings. The second kappa shape index (κ2) is 6.34. The Balaban J connectivity index is 1.86. The lowest BCUT2D eigenvalue weighted by atomic mass is 9.91. The number of carbonyl (C=O) groups excluding carboxylic acids is 2. The normalized spacial score (nSPS) is 27.6. The Bertz CT molecular complexity index is 395. The van der Waals surface area contributed by atoms with Crippen LogP contribution >= 0.6 is 0 Å². The largest absolute Gasteiger partial charge is 0.339 e. The van der Waals surface area contributed by atoms with Gasteiger partial charge in [-0.05, 0) is 26.3 Å². The Labute approximate surface area is 128 Å². The van der Waals surface area contributed by atoms with E-state index < -0.39 is 0 Å². The van der Waals surface area contributed by atoms with Crippen molar-refractivity contribution in [1.82, 2.24) is 15.1 Å². The van der Waals surface area contributed by atoms with Gasteiger partial charge >= 0.3 is 0 Å². The van der Waals surface area contributed by atoms with E-state index in [1.54, 1.807) is 0 Å². The molecule has 2 fully saturated rings. The Kier molecular flexibility index (Phi) is 4.91. The number of carbonyl (C=O) groups is 2. The molecule has 120 valence electrons. The van der Waals surface area contributed by atoms with Gasteiger partial charge in [0.1, 0.15) is 0 Å². The summed E-state index contributed by atoms with van der Waals surface area (Å²) in [7, 11) is 0.